The number of nitrogens with one attached hydrogen (secondary N) is 1. The zero-order valence-corrected chi connectivity index (χ0v) is 8.07. The van der Waals surface area contributed by atoms with E-state index in [-0.39, 0.29) is 6.42 Å². The third-order valence-electron chi connectivity index (χ3n) is 1.41. The van der Waals surface area contributed by atoms with Crippen molar-refractivity contribution in [3.8, 4) is 0 Å². The smallest absolute Gasteiger partial charge is 0.298 e. The molecule has 0 spiro atoms. The molecule has 0 aromatic heterocycles. The van der Waals surface area contributed by atoms with E-state index >= 15 is 0 Å². The largest absolute Gasteiger partial charge is 0.350 e. The van der Waals surface area contributed by atoms with E-state index in [1.54, 1.807) is 4.72 Å². The number of sulfonamides is 1. The molecule has 0 heterocycles. The van der Waals surface area contributed by atoms with Gasteiger partial charge in [0.15, 0.2) is 0 Å². The predicted octanol–water partition coefficient (Wildman–Crippen LogP) is 0.496. The Morgan fingerprint density at radius 3 is 2.23 bits per heavy atom. The fourth-order valence-electron chi connectivity index (χ4n) is 0.670. The summed E-state index contributed by atoms with van der Waals surface area (Å²) in [6, 6.07) is -1.09. The fraction of sp³-hybridized carbons (Fsp3) is 0.833. The van der Waals surface area contributed by atoms with Gasteiger partial charge in [-0.2, -0.15) is 8.78 Å². The van der Waals surface area contributed by atoms with Crippen molar-refractivity contribution in [3.05, 3.63) is 0 Å². The first-order valence-electron chi connectivity index (χ1n) is 3.63. The van der Waals surface area contributed by atoms with E-state index in [1.807, 2.05) is 0 Å². The van der Waals surface area contributed by atoms with Gasteiger partial charge in [0.1, 0.15) is 5.78 Å². The predicted molar refractivity (Wildman–Crippen MR) is 42.8 cm³/mol. The first kappa shape index (κ1) is 12.4. The molecule has 0 saturated heterocycles. The molecule has 1 unspecified atom stereocenters. The molecule has 0 bridgehead atoms. The molecule has 0 rings (SSSR count). The van der Waals surface area contributed by atoms with E-state index in [1.165, 1.54) is 13.8 Å². The van der Waals surface area contributed by atoms with Gasteiger partial charge < -0.3 is 0 Å². The molecule has 1 N–H and O–H groups in total. The van der Waals surface area contributed by atoms with Gasteiger partial charge in [0.2, 0.25) is 0 Å². The Hall–Kier alpha value is -0.560. The minimum Gasteiger partial charge on any atom is -0.298 e. The lowest BCUT2D eigenvalue weighted by Gasteiger charge is -2.11. The lowest BCUT2D eigenvalue weighted by atomic mass is 10.2. The SMILES string of the molecule is CCC(=O)C(C)NS(=O)(=O)C(F)F. The maximum Gasteiger partial charge on any atom is 0.350 e. The Bertz CT molecular complexity index is 276. The second-order valence-electron chi connectivity index (χ2n) is 2.47. The van der Waals surface area contributed by atoms with Crippen LogP contribution < -0.4 is 4.72 Å². The maximum atomic E-state index is 11.8. The minimum absolute atomic E-state index is 0.104. The van der Waals surface area contributed by atoms with Gasteiger partial charge in [0.25, 0.3) is 10.0 Å². The van der Waals surface area contributed by atoms with Crippen LogP contribution >= 0.6 is 0 Å². The van der Waals surface area contributed by atoms with Gasteiger partial charge in [-0.3, -0.25) is 4.79 Å². The van der Waals surface area contributed by atoms with Crippen molar-refractivity contribution in [2.45, 2.75) is 32.1 Å². The summed E-state index contributed by atoms with van der Waals surface area (Å²) in [6.07, 6.45) is 0.104. The van der Waals surface area contributed by atoms with Crippen molar-refractivity contribution in [2.75, 3.05) is 0 Å². The molecule has 4 nitrogen and oxygen atoms in total. The highest BCUT2D eigenvalue weighted by molar-refractivity contribution is 7.89. The Morgan fingerprint density at radius 2 is 1.92 bits per heavy atom. The van der Waals surface area contributed by atoms with E-state index in [0.717, 1.165) is 0 Å². The summed E-state index contributed by atoms with van der Waals surface area (Å²) in [5, 5.41) is 0. The Balaban J connectivity index is 4.38. The number of rotatable bonds is 5. The van der Waals surface area contributed by atoms with Crippen LogP contribution in [0.25, 0.3) is 0 Å². The van der Waals surface area contributed by atoms with Crippen molar-refractivity contribution in [1.29, 1.82) is 0 Å². The van der Waals surface area contributed by atoms with Crippen LogP contribution in [0.3, 0.4) is 0 Å². The van der Waals surface area contributed by atoms with Crippen LogP contribution in [0.1, 0.15) is 20.3 Å². The van der Waals surface area contributed by atoms with E-state index in [0.29, 0.717) is 0 Å². The second kappa shape index (κ2) is 4.61. The van der Waals surface area contributed by atoms with Gasteiger partial charge >= 0.3 is 5.76 Å². The Labute approximate surface area is 75.4 Å². The Kier molecular flexibility index (Phi) is 4.41. The summed E-state index contributed by atoms with van der Waals surface area (Å²) in [6.45, 7) is 2.75. The summed E-state index contributed by atoms with van der Waals surface area (Å²) in [4.78, 5) is 10.8. The van der Waals surface area contributed by atoms with Gasteiger partial charge in [0, 0.05) is 6.42 Å². The van der Waals surface area contributed by atoms with Crippen LogP contribution in [0.15, 0.2) is 0 Å². The first-order chi connectivity index (χ1) is 5.81. The molecule has 0 fully saturated rings. The van der Waals surface area contributed by atoms with Crippen molar-refractivity contribution in [1.82, 2.24) is 4.72 Å². The molecule has 0 aliphatic heterocycles. The van der Waals surface area contributed by atoms with Crippen LogP contribution in [0, 0.1) is 0 Å². The summed E-state index contributed by atoms with van der Waals surface area (Å²) in [5.74, 6) is -3.93. The van der Waals surface area contributed by atoms with Crippen molar-refractivity contribution in [3.63, 3.8) is 0 Å². The zero-order valence-electron chi connectivity index (χ0n) is 7.25. The van der Waals surface area contributed by atoms with Gasteiger partial charge in [-0.25, -0.2) is 13.1 Å². The summed E-state index contributed by atoms with van der Waals surface area (Å²) in [7, 11) is -4.66. The van der Waals surface area contributed by atoms with E-state index < -0.39 is 27.6 Å². The van der Waals surface area contributed by atoms with Crippen LogP contribution in [0.4, 0.5) is 8.78 Å². The highest BCUT2D eigenvalue weighted by Crippen LogP contribution is 2.03. The van der Waals surface area contributed by atoms with E-state index in [2.05, 4.69) is 0 Å². The molecule has 0 aromatic rings. The first-order valence-corrected chi connectivity index (χ1v) is 5.18. The highest BCUT2D eigenvalue weighted by Gasteiger charge is 2.27. The average molecular weight is 215 g/mol. The van der Waals surface area contributed by atoms with Gasteiger partial charge in [-0.1, -0.05) is 6.92 Å². The molecule has 0 radical (unpaired) electrons. The maximum absolute atomic E-state index is 11.8. The van der Waals surface area contributed by atoms with Crippen molar-refractivity contribution >= 4 is 15.8 Å². The Morgan fingerprint density at radius 1 is 1.46 bits per heavy atom. The molecule has 7 heteroatoms. The van der Waals surface area contributed by atoms with Crippen LogP contribution in [0.2, 0.25) is 0 Å². The molecule has 13 heavy (non-hydrogen) atoms. The molecular formula is C6H11F2NO3S. The van der Waals surface area contributed by atoms with Crippen LogP contribution in [0.5, 0.6) is 0 Å². The number of hydrogen-bond acceptors (Lipinski definition) is 3. The number of halogens is 2. The summed E-state index contributed by atoms with van der Waals surface area (Å²) >= 11 is 0. The average Bonchev–Trinajstić information content (AvgIpc) is 2.01. The third-order valence-corrected chi connectivity index (χ3v) is 2.56. The number of ketones is 1. The highest BCUT2D eigenvalue weighted by atomic mass is 32.2. The molecule has 0 aliphatic rings. The minimum atomic E-state index is -4.66. The molecule has 0 aliphatic carbocycles. The molecule has 1 atom stereocenters. The van der Waals surface area contributed by atoms with Crippen LogP contribution in [-0.4, -0.2) is 26.0 Å². The monoisotopic (exact) mass is 215 g/mol. The number of Topliss-reactive ketones (excluding diaryl/α,β-unsaturated/α-hetero) is 1. The second-order valence-corrected chi connectivity index (χ2v) is 4.15. The quantitative estimate of drug-likeness (QED) is 0.726. The van der Waals surface area contributed by atoms with Gasteiger partial charge in [-0.05, 0) is 6.92 Å². The number of carbonyl (C=O) groups is 1. The molecule has 0 aromatic carbocycles. The van der Waals surface area contributed by atoms with E-state index in [4.69, 9.17) is 0 Å². The molecule has 0 amide bonds. The fourth-order valence-corrected chi connectivity index (χ4v) is 1.40. The summed E-state index contributed by atoms with van der Waals surface area (Å²) < 4.78 is 46.2. The molecule has 0 saturated carbocycles. The van der Waals surface area contributed by atoms with Crippen LogP contribution in [-0.2, 0) is 14.8 Å². The van der Waals surface area contributed by atoms with Crippen molar-refractivity contribution < 1.29 is 22.0 Å². The third kappa shape index (κ3) is 3.77. The van der Waals surface area contributed by atoms with E-state index in [9.17, 15) is 22.0 Å². The number of hydrogen-bond donors (Lipinski definition) is 1. The van der Waals surface area contributed by atoms with Crippen molar-refractivity contribution in [2.24, 2.45) is 0 Å². The van der Waals surface area contributed by atoms with Gasteiger partial charge in [-0.15, -0.1) is 0 Å². The number of carbonyl (C=O) groups excluding carboxylic acids is 1. The lowest BCUT2D eigenvalue weighted by Crippen LogP contribution is -2.40. The standard InChI is InChI=1S/C6H11F2NO3S/c1-3-5(10)4(2)9-13(11,12)6(7)8/h4,6,9H,3H2,1-2H3. The van der Waals surface area contributed by atoms with Gasteiger partial charge in [0.05, 0.1) is 6.04 Å². The molecule has 78 valence electrons. The molecular weight excluding hydrogens is 204 g/mol. The lowest BCUT2D eigenvalue weighted by molar-refractivity contribution is -0.119. The normalized spacial score (nSPS) is 14.5. The summed E-state index contributed by atoms with van der Waals surface area (Å²) in [5.41, 5.74) is 0. The topological polar surface area (TPSA) is 63.2 Å². The number of alkyl halides is 2. The zero-order chi connectivity index (χ0) is 10.6.